The molecule has 1 aromatic heterocycles. The number of carboxylic acid groups (broad SMARTS) is 1. The third kappa shape index (κ3) is 2.82. The minimum Gasteiger partial charge on any atom is -0.465 e. The molecule has 0 atom stereocenters. The van der Waals surface area contributed by atoms with Crippen molar-refractivity contribution in [3.8, 4) is 0 Å². The normalized spacial score (nSPS) is 10.2. The standard InChI is InChI=1S/C12H16N2O2/c1-7(2)9-5-10(14-12(15)16)11(8(3)4)13-6-9/h5-7,14H,3H2,1-2,4H3,(H,15,16). The smallest absolute Gasteiger partial charge is 0.409 e. The van der Waals surface area contributed by atoms with E-state index in [1.165, 1.54) is 0 Å². The van der Waals surface area contributed by atoms with Crippen molar-refractivity contribution in [1.29, 1.82) is 0 Å². The van der Waals surface area contributed by atoms with Crippen LogP contribution in [0.1, 0.15) is 37.9 Å². The molecule has 16 heavy (non-hydrogen) atoms. The lowest BCUT2D eigenvalue weighted by molar-refractivity contribution is 0.209. The Bertz CT molecular complexity index is 425. The second-order valence-electron chi connectivity index (χ2n) is 4.03. The topological polar surface area (TPSA) is 62.2 Å². The molecule has 1 aromatic rings. The van der Waals surface area contributed by atoms with Crippen molar-refractivity contribution in [2.45, 2.75) is 26.7 Å². The third-order valence-corrected chi connectivity index (χ3v) is 2.22. The molecule has 1 amide bonds. The van der Waals surface area contributed by atoms with Crippen molar-refractivity contribution in [2.75, 3.05) is 5.32 Å². The van der Waals surface area contributed by atoms with E-state index in [1.54, 1.807) is 19.2 Å². The number of aromatic nitrogens is 1. The summed E-state index contributed by atoms with van der Waals surface area (Å²) >= 11 is 0. The van der Waals surface area contributed by atoms with Gasteiger partial charge in [-0.1, -0.05) is 20.4 Å². The maximum Gasteiger partial charge on any atom is 0.409 e. The van der Waals surface area contributed by atoms with Crippen LogP contribution < -0.4 is 5.32 Å². The summed E-state index contributed by atoms with van der Waals surface area (Å²) in [4.78, 5) is 14.9. The summed E-state index contributed by atoms with van der Waals surface area (Å²) in [7, 11) is 0. The Hall–Kier alpha value is -1.84. The highest BCUT2D eigenvalue weighted by molar-refractivity contribution is 5.87. The molecule has 86 valence electrons. The minimum atomic E-state index is -1.09. The first kappa shape index (κ1) is 12.2. The fourth-order valence-corrected chi connectivity index (χ4v) is 1.35. The van der Waals surface area contributed by atoms with Crippen LogP contribution in [0.2, 0.25) is 0 Å². The SMILES string of the molecule is C=C(C)c1ncc(C(C)C)cc1NC(=O)O. The summed E-state index contributed by atoms with van der Waals surface area (Å²) in [6, 6.07) is 1.80. The lowest BCUT2D eigenvalue weighted by atomic mass is 10.0. The highest BCUT2D eigenvalue weighted by atomic mass is 16.4. The summed E-state index contributed by atoms with van der Waals surface area (Å²) in [6.45, 7) is 9.63. The van der Waals surface area contributed by atoms with E-state index in [1.807, 2.05) is 13.8 Å². The molecule has 1 rings (SSSR count). The first-order valence-corrected chi connectivity index (χ1v) is 5.07. The van der Waals surface area contributed by atoms with Gasteiger partial charge in [0, 0.05) is 6.20 Å². The average molecular weight is 220 g/mol. The Morgan fingerprint density at radius 2 is 2.19 bits per heavy atom. The van der Waals surface area contributed by atoms with E-state index in [0.717, 1.165) is 11.1 Å². The van der Waals surface area contributed by atoms with Gasteiger partial charge in [-0.2, -0.15) is 0 Å². The molecule has 0 aromatic carbocycles. The number of pyridine rings is 1. The Morgan fingerprint density at radius 1 is 1.56 bits per heavy atom. The lowest BCUT2D eigenvalue weighted by Crippen LogP contribution is -2.10. The van der Waals surface area contributed by atoms with Crippen molar-refractivity contribution in [2.24, 2.45) is 0 Å². The van der Waals surface area contributed by atoms with Crippen molar-refractivity contribution < 1.29 is 9.90 Å². The number of rotatable bonds is 3. The van der Waals surface area contributed by atoms with E-state index in [0.29, 0.717) is 17.3 Å². The van der Waals surface area contributed by atoms with Crippen LogP contribution in [0.3, 0.4) is 0 Å². The third-order valence-electron chi connectivity index (χ3n) is 2.22. The molecule has 0 fully saturated rings. The zero-order valence-electron chi connectivity index (χ0n) is 9.74. The number of amides is 1. The number of hydrogen-bond acceptors (Lipinski definition) is 2. The molecule has 0 saturated carbocycles. The summed E-state index contributed by atoms with van der Waals surface area (Å²) in [6.07, 6.45) is 0.659. The highest BCUT2D eigenvalue weighted by Gasteiger charge is 2.10. The van der Waals surface area contributed by atoms with Gasteiger partial charge in [-0.3, -0.25) is 10.3 Å². The first-order valence-electron chi connectivity index (χ1n) is 5.07. The first-order chi connectivity index (χ1) is 7.41. The number of anilines is 1. The molecule has 0 radical (unpaired) electrons. The summed E-state index contributed by atoms with van der Waals surface area (Å²) in [5, 5.41) is 11.1. The molecule has 0 aliphatic heterocycles. The van der Waals surface area contributed by atoms with E-state index in [4.69, 9.17) is 5.11 Å². The molecular weight excluding hydrogens is 204 g/mol. The zero-order chi connectivity index (χ0) is 12.3. The minimum absolute atomic E-state index is 0.306. The second kappa shape index (κ2) is 4.79. The summed E-state index contributed by atoms with van der Waals surface area (Å²) < 4.78 is 0. The molecule has 0 unspecified atom stereocenters. The number of allylic oxidation sites excluding steroid dienone is 1. The van der Waals surface area contributed by atoms with Crippen LogP contribution in [0.4, 0.5) is 10.5 Å². The van der Waals surface area contributed by atoms with Gasteiger partial charge < -0.3 is 5.11 Å². The van der Waals surface area contributed by atoms with Crippen LogP contribution in [-0.4, -0.2) is 16.2 Å². The van der Waals surface area contributed by atoms with Crippen molar-refractivity contribution >= 4 is 17.4 Å². The predicted molar refractivity (Wildman–Crippen MR) is 64.7 cm³/mol. The maximum absolute atomic E-state index is 10.7. The Labute approximate surface area is 95.0 Å². The van der Waals surface area contributed by atoms with Crippen molar-refractivity contribution in [1.82, 2.24) is 4.98 Å². The molecule has 2 N–H and O–H groups in total. The van der Waals surface area contributed by atoms with Crippen LogP contribution in [0.25, 0.3) is 5.57 Å². The molecule has 1 heterocycles. The summed E-state index contributed by atoms with van der Waals surface area (Å²) in [5.41, 5.74) is 2.81. The summed E-state index contributed by atoms with van der Waals surface area (Å²) in [5.74, 6) is 0.306. The van der Waals surface area contributed by atoms with E-state index in [2.05, 4.69) is 16.9 Å². The van der Waals surface area contributed by atoms with Gasteiger partial charge in [0.15, 0.2) is 0 Å². The van der Waals surface area contributed by atoms with Gasteiger partial charge in [0.25, 0.3) is 0 Å². The van der Waals surface area contributed by atoms with Gasteiger partial charge in [-0.25, -0.2) is 4.79 Å². The monoisotopic (exact) mass is 220 g/mol. The number of hydrogen-bond donors (Lipinski definition) is 2. The van der Waals surface area contributed by atoms with Crippen LogP contribution in [0.5, 0.6) is 0 Å². The van der Waals surface area contributed by atoms with Crippen LogP contribution in [-0.2, 0) is 0 Å². The van der Waals surface area contributed by atoms with Gasteiger partial charge in [0.2, 0.25) is 0 Å². The predicted octanol–water partition coefficient (Wildman–Crippen LogP) is 3.33. The quantitative estimate of drug-likeness (QED) is 0.821. The average Bonchev–Trinajstić information content (AvgIpc) is 2.15. The molecule has 0 aliphatic rings. The number of carbonyl (C=O) groups is 1. The largest absolute Gasteiger partial charge is 0.465 e. The molecule has 4 heteroatoms. The molecule has 0 bridgehead atoms. The van der Waals surface area contributed by atoms with Gasteiger partial charge in [0.05, 0.1) is 11.4 Å². The molecule has 0 aliphatic carbocycles. The molecule has 4 nitrogen and oxygen atoms in total. The zero-order valence-corrected chi connectivity index (χ0v) is 9.74. The Kier molecular flexibility index (Phi) is 3.66. The highest BCUT2D eigenvalue weighted by Crippen LogP contribution is 2.24. The molecule has 0 spiro atoms. The molecular formula is C12H16N2O2. The van der Waals surface area contributed by atoms with Gasteiger partial charge in [-0.05, 0) is 30.0 Å². The lowest BCUT2D eigenvalue weighted by Gasteiger charge is -2.12. The van der Waals surface area contributed by atoms with E-state index < -0.39 is 6.09 Å². The van der Waals surface area contributed by atoms with E-state index >= 15 is 0 Å². The van der Waals surface area contributed by atoms with E-state index in [9.17, 15) is 4.79 Å². The number of nitrogens with one attached hydrogen (secondary N) is 1. The number of nitrogens with zero attached hydrogens (tertiary/aromatic N) is 1. The van der Waals surface area contributed by atoms with Crippen LogP contribution in [0.15, 0.2) is 18.8 Å². The van der Waals surface area contributed by atoms with Gasteiger partial charge in [-0.15, -0.1) is 0 Å². The van der Waals surface area contributed by atoms with Gasteiger partial charge in [0.1, 0.15) is 0 Å². The second-order valence-corrected chi connectivity index (χ2v) is 4.03. The van der Waals surface area contributed by atoms with Crippen molar-refractivity contribution in [3.63, 3.8) is 0 Å². The Balaban J connectivity index is 3.20. The van der Waals surface area contributed by atoms with E-state index in [-0.39, 0.29) is 0 Å². The molecule has 0 saturated heterocycles. The van der Waals surface area contributed by atoms with Crippen LogP contribution in [0, 0.1) is 0 Å². The van der Waals surface area contributed by atoms with Crippen molar-refractivity contribution in [3.05, 3.63) is 30.1 Å². The Morgan fingerprint density at radius 3 is 2.62 bits per heavy atom. The van der Waals surface area contributed by atoms with Crippen LogP contribution >= 0.6 is 0 Å². The fraction of sp³-hybridized carbons (Fsp3) is 0.333. The van der Waals surface area contributed by atoms with Gasteiger partial charge >= 0.3 is 6.09 Å². The fourth-order valence-electron chi connectivity index (χ4n) is 1.35. The maximum atomic E-state index is 10.7.